The van der Waals surface area contributed by atoms with Gasteiger partial charge >= 0.3 is 0 Å². The molecular formula is C19H17ClN4OS. The van der Waals surface area contributed by atoms with Crippen molar-refractivity contribution in [2.45, 2.75) is 24.8 Å². The summed E-state index contributed by atoms with van der Waals surface area (Å²) in [6, 6.07) is 16.1. The molecule has 1 aliphatic rings. The molecule has 0 unspecified atom stereocenters. The van der Waals surface area contributed by atoms with Gasteiger partial charge in [-0.05, 0) is 54.3 Å². The molecule has 0 spiro atoms. The molecule has 4 rings (SSSR count). The van der Waals surface area contributed by atoms with Crippen molar-refractivity contribution < 1.29 is 4.74 Å². The standard InChI is InChI=1S/C19H17ClN4OS/c1-2-16-17(20)22-19-23-18(16)25-14-7-3-5-12(9-14)11-21-13-6-4-8-15(10-13)26-24-19/h3-10,21H,2,11H2,1H3,(H,22,23,24). The number of ether oxygens (including phenoxy) is 1. The molecule has 2 aromatic carbocycles. The lowest BCUT2D eigenvalue weighted by atomic mass is 10.2. The number of anilines is 2. The summed E-state index contributed by atoms with van der Waals surface area (Å²) in [6.45, 7) is 2.71. The Kier molecular flexibility index (Phi) is 4.86. The zero-order chi connectivity index (χ0) is 17.9. The van der Waals surface area contributed by atoms with Crippen molar-refractivity contribution in [1.82, 2.24) is 9.97 Å². The molecule has 0 saturated heterocycles. The minimum absolute atomic E-state index is 0.402. The van der Waals surface area contributed by atoms with Gasteiger partial charge in [-0.2, -0.15) is 9.97 Å². The van der Waals surface area contributed by atoms with Gasteiger partial charge in [-0.3, -0.25) is 4.72 Å². The van der Waals surface area contributed by atoms with E-state index in [2.05, 4.69) is 32.1 Å². The predicted molar refractivity (Wildman–Crippen MR) is 106 cm³/mol. The Morgan fingerprint density at radius 3 is 2.92 bits per heavy atom. The molecule has 0 amide bonds. The molecule has 132 valence electrons. The molecule has 7 heteroatoms. The van der Waals surface area contributed by atoms with Crippen LogP contribution in [-0.4, -0.2) is 9.97 Å². The number of nitrogens with zero attached hydrogens (tertiary/aromatic N) is 2. The molecule has 6 bridgehead atoms. The Labute approximate surface area is 161 Å². The van der Waals surface area contributed by atoms with Crippen molar-refractivity contribution >= 4 is 35.2 Å². The lowest BCUT2D eigenvalue weighted by molar-refractivity contribution is 0.456. The maximum Gasteiger partial charge on any atom is 0.237 e. The highest BCUT2D eigenvalue weighted by atomic mass is 35.5. The Hall–Kier alpha value is -2.44. The van der Waals surface area contributed by atoms with E-state index in [1.165, 1.54) is 11.9 Å². The summed E-state index contributed by atoms with van der Waals surface area (Å²) in [6.07, 6.45) is 0.685. The van der Waals surface area contributed by atoms with Crippen LogP contribution in [-0.2, 0) is 13.0 Å². The normalized spacial score (nSPS) is 13.0. The third kappa shape index (κ3) is 3.71. The van der Waals surface area contributed by atoms with Crippen LogP contribution >= 0.6 is 23.5 Å². The quantitative estimate of drug-likeness (QED) is 0.425. The number of aromatic nitrogens is 2. The summed E-state index contributed by atoms with van der Waals surface area (Å²) in [5, 5.41) is 3.84. The number of rotatable bonds is 1. The maximum absolute atomic E-state index is 6.36. The Bertz CT molecular complexity index is 951. The fourth-order valence-electron chi connectivity index (χ4n) is 2.67. The van der Waals surface area contributed by atoms with Gasteiger partial charge in [0.1, 0.15) is 10.9 Å². The van der Waals surface area contributed by atoms with E-state index < -0.39 is 0 Å². The lowest BCUT2D eigenvalue weighted by Crippen LogP contribution is -2.04. The molecule has 0 aliphatic carbocycles. The average molecular weight is 385 g/mol. The molecule has 5 nitrogen and oxygen atoms in total. The van der Waals surface area contributed by atoms with E-state index in [-0.39, 0.29) is 0 Å². The van der Waals surface area contributed by atoms with E-state index in [0.29, 0.717) is 29.9 Å². The summed E-state index contributed by atoms with van der Waals surface area (Å²) < 4.78 is 9.19. The number of nitrogens with one attached hydrogen (secondary N) is 2. The average Bonchev–Trinajstić information content (AvgIpc) is 2.65. The third-order valence-corrected chi connectivity index (χ3v) is 5.06. The summed E-state index contributed by atoms with van der Waals surface area (Å²) >= 11 is 7.79. The second-order valence-corrected chi connectivity index (χ2v) is 7.05. The second kappa shape index (κ2) is 7.43. The van der Waals surface area contributed by atoms with Crippen molar-refractivity contribution in [3.8, 4) is 11.6 Å². The first-order chi connectivity index (χ1) is 12.7. The van der Waals surface area contributed by atoms with Gasteiger partial charge in [0.15, 0.2) is 0 Å². The van der Waals surface area contributed by atoms with E-state index in [0.717, 1.165) is 27.5 Å². The van der Waals surface area contributed by atoms with Gasteiger partial charge in [0.25, 0.3) is 0 Å². The fourth-order valence-corrected chi connectivity index (χ4v) is 3.60. The fraction of sp³-hybridized carbons (Fsp3) is 0.158. The molecule has 0 radical (unpaired) electrons. The van der Waals surface area contributed by atoms with Gasteiger partial charge < -0.3 is 10.1 Å². The summed E-state index contributed by atoms with van der Waals surface area (Å²) in [4.78, 5) is 9.91. The minimum atomic E-state index is 0.402. The van der Waals surface area contributed by atoms with Crippen LogP contribution in [0.1, 0.15) is 18.1 Å². The first-order valence-corrected chi connectivity index (χ1v) is 9.50. The van der Waals surface area contributed by atoms with E-state index >= 15 is 0 Å². The van der Waals surface area contributed by atoms with Crippen LogP contribution in [0.15, 0.2) is 53.4 Å². The van der Waals surface area contributed by atoms with Crippen molar-refractivity contribution in [2.75, 3.05) is 10.0 Å². The highest BCUT2D eigenvalue weighted by molar-refractivity contribution is 8.00. The minimum Gasteiger partial charge on any atom is -0.438 e. The monoisotopic (exact) mass is 384 g/mol. The van der Waals surface area contributed by atoms with Gasteiger partial charge in [-0.25, -0.2) is 0 Å². The maximum atomic E-state index is 6.36. The zero-order valence-corrected chi connectivity index (χ0v) is 15.7. The molecule has 0 atom stereocenters. The van der Waals surface area contributed by atoms with E-state index in [1.54, 1.807) is 0 Å². The molecule has 1 aromatic heterocycles. The molecule has 0 fully saturated rings. The highest BCUT2D eigenvalue weighted by Gasteiger charge is 2.15. The Morgan fingerprint density at radius 2 is 2.04 bits per heavy atom. The largest absolute Gasteiger partial charge is 0.438 e. The molecule has 1 aliphatic heterocycles. The zero-order valence-electron chi connectivity index (χ0n) is 14.1. The van der Waals surface area contributed by atoms with Crippen molar-refractivity contribution in [3.63, 3.8) is 0 Å². The van der Waals surface area contributed by atoms with E-state index in [9.17, 15) is 0 Å². The molecule has 2 heterocycles. The van der Waals surface area contributed by atoms with Crippen LogP contribution in [0.25, 0.3) is 0 Å². The lowest BCUT2D eigenvalue weighted by Gasteiger charge is -2.15. The van der Waals surface area contributed by atoms with Gasteiger partial charge in [0.05, 0.1) is 5.56 Å². The molecular weight excluding hydrogens is 368 g/mol. The first kappa shape index (κ1) is 17.0. The number of hydrogen-bond donors (Lipinski definition) is 2. The number of benzene rings is 2. The van der Waals surface area contributed by atoms with Gasteiger partial charge in [-0.15, -0.1) is 0 Å². The Balaban J connectivity index is 1.80. The number of halogens is 1. The summed E-state index contributed by atoms with van der Waals surface area (Å²) in [5.74, 6) is 1.61. The summed E-state index contributed by atoms with van der Waals surface area (Å²) in [7, 11) is 0. The number of fused-ring (bicyclic) bond motifs is 6. The van der Waals surface area contributed by atoms with Crippen LogP contribution in [0.4, 0.5) is 11.6 Å². The van der Waals surface area contributed by atoms with Crippen LogP contribution < -0.4 is 14.8 Å². The molecule has 2 N–H and O–H groups in total. The Morgan fingerprint density at radius 1 is 1.15 bits per heavy atom. The van der Waals surface area contributed by atoms with Gasteiger partial charge in [0.2, 0.25) is 11.8 Å². The second-order valence-electron chi connectivity index (χ2n) is 5.81. The highest BCUT2D eigenvalue weighted by Crippen LogP contribution is 2.32. The SMILES string of the molecule is CCc1c(Cl)nc2nc1Oc1cccc(c1)CNc1cccc(c1)SN2. The molecule has 3 aromatic rings. The van der Waals surface area contributed by atoms with Crippen LogP contribution in [0.2, 0.25) is 5.15 Å². The third-order valence-electron chi connectivity index (χ3n) is 3.98. The van der Waals surface area contributed by atoms with Crippen molar-refractivity contribution in [3.05, 3.63) is 64.8 Å². The van der Waals surface area contributed by atoms with Crippen LogP contribution in [0.3, 0.4) is 0 Å². The van der Waals surface area contributed by atoms with Crippen molar-refractivity contribution in [1.29, 1.82) is 0 Å². The van der Waals surface area contributed by atoms with Crippen LogP contribution in [0.5, 0.6) is 11.6 Å². The molecule has 0 saturated carbocycles. The van der Waals surface area contributed by atoms with Gasteiger partial charge in [-0.1, -0.05) is 36.7 Å². The predicted octanol–water partition coefficient (Wildman–Crippen LogP) is 5.53. The van der Waals surface area contributed by atoms with E-state index in [1.807, 2.05) is 43.3 Å². The topological polar surface area (TPSA) is 59.1 Å². The summed E-state index contributed by atoms with van der Waals surface area (Å²) in [5.41, 5.74) is 2.95. The molecule has 26 heavy (non-hydrogen) atoms. The van der Waals surface area contributed by atoms with Crippen LogP contribution in [0, 0.1) is 0 Å². The first-order valence-electron chi connectivity index (χ1n) is 8.31. The van der Waals surface area contributed by atoms with Crippen molar-refractivity contribution in [2.24, 2.45) is 0 Å². The van der Waals surface area contributed by atoms with Gasteiger partial charge in [0, 0.05) is 17.1 Å². The van der Waals surface area contributed by atoms with E-state index in [4.69, 9.17) is 16.3 Å². The smallest absolute Gasteiger partial charge is 0.237 e. The number of hydrogen-bond acceptors (Lipinski definition) is 6.